The van der Waals surface area contributed by atoms with Crippen LogP contribution in [-0.2, 0) is 16.1 Å². The number of benzene rings is 1. The van der Waals surface area contributed by atoms with Gasteiger partial charge in [-0.1, -0.05) is 6.07 Å². The highest BCUT2D eigenvalue weighted by Crippen LogP contribution is 2.26. The van der Waals surface area contributed by atoms with Gasteiger partial charge in [0.15, 0.2) is 5.82 Å². The number of carbonyl (C=O) groups is 2. The number of thiophene rings is 1. The molecule has 0 atom stereocenters. The number of anilines is 1. The van der Waals surface area contributed by atoms with Crippen LogP contribution < -0.4 is 10.6 Å². The van der Waals surface area contributed by atoms with E-state index in [1.54, 1.807) is 6.07 Å². The van der Waals surface area contributed by atoms with Gasteiger partial charge in [0.2, 0.25) is 0 Å². The Morgan fingerprint density at radius 3 is 2.62 bits per heavy atom. The number of halogens is 3. The summed E-state index contributed by atoms with van der Waals surface area (Å²) in [7, 11) is 0. The van der Waals surface area contributed by atoms with Crippen molar-refractivity contribution >= 4 is 44.8 Å². The predicted octanol–water partition coefficient (Wildman–Crippen LogP) is 3.04. The minimum absolute atomic E-state index is 0.0133. The van der Waals surface area contributed by atoms with E-state index in [1.165, 1.54) is 11.3 Å². The summed E-state index contributed by atoms with van der Waals surface area (Å²) in [6, 6.07) is 5.22. The molecule has 110 valence electrons. The molecule has 0 radical (unpaired) electrons. The molecule has 0 saturated heterocycles. The lowest BCUT2D eigenvalue weighted by molar-refractivity contribution is -0.136. The minimum Gasteiger partial charge on any atom is -0.343 e. The average Bonchev–Trinajstić information content (AvgIpc) is 2.93. The van der Waals surface area contributed by atoms with Crippen LogP contribution >= 0.6 is 27.3 Å². The highest BCUT2D eigenvalue weighted by Gasteiger charge is 2.18. The van der Waals surface area contributed by atoms with Gasteiger partial charge in [0.05, 0.1) is 12.2 Å². The molecule has 21 heavy (non-hydrogen) atoms. The van der Waals surface area contributed by atoms with Crippen LogP contribution in [0.25, 0.3) is 0 Å². The monoisotopic (exact) mass is 374 g/mol. The molecule has 1 heterocycles. The molecule has 0 bridgehead atoms. The molecule has 2 rings (SSSR count). The van der Waals surface area contributed by atoms with Crippen LogP contribution in [0.15, 0.2) is 34.1 Å². The normalized spacial score (nSPS) is 10.2. The summed E-state index contributed by atoms with van der Waals surface area (Å²) in [6.45, 7) is 0.205. The van der Waals surface area contributed by atoms with Gasteiger partial charge >= 0.3 is 11.8 Å². The van der Waals surface area contributed by atoms with Gasteiger partial charge in [0.25, 0.3) is 0 Å². The molecule has 8 heteroatoms. The maximum atomic E-state index is 13.5. The SMILES string of the molecule is O=C(NCc1cccs1)C(=O)Nc1c(F)cc(F)cc1Br. The van der Waals surface area contributed by atoms with Crippen molar-refractivity contribution in [3.05, 3.63) is 50.6 Å². The first-order valence-corrected chi connectivity index (χ1v) is 7.40. The molecule has 0 aliphatic heterocycles. The fraction of sp³-hybridized carbons (Fsp3) is 0.0769. The van der Waals surface area contributed by atoms with Crippen molar-refractivity contribution in [1.82, 2.24) is 5.32 Å². The highest BCUT2D eigenvalue weighted by atomic mass is 79.9. The second kappa shape index (κ2) is 6.77. The smallest absolute Gasteiger partial charge is 0.313 e. The summed E-state index contributed by atoms with van der Waals surface area (Å²) >= 11 is 4.35. The second-order valence-electron chi connectivity index (χ2n) is 3.96. The Balaban J connectivity index is 1.99. The van der Waals surface area contributed by atoms with Crippen LogP contribution in [0.3, 0.4) is 0 Å². The Labute approximate surface area is 131 Å². The maximum absolute atomic E-state index is 13.5. The Kier molecular flexibility index (Phi) is 5.03. The first-order chi connectivity index (χ1) is 9.97. The van der Waals surface area contributed by atoms with Gasteiger partial charge in [-0.25, -0.2) is 8.78 Å². The van der Waals surface area contributed by atoms with Crippen molar-refractivity contribution in [3.63, 3.8) is 0 Å². The van der Waals surface area contributed by atoms with E-state index < -0.39 is 23.4 Å². The number of amides is 2. The molecule has 2 amide bonds. The molecule has 0 aliphatic rings. The molecule has 0 fully saturated rings. The van der Waals surface area contributed by atoms with Gasteiger partial charge in [0, 0.05) is 15.4 Å². The summed E-state index contributed by atoms with van der Waals surface area (Å²) in [4.78, 5) is 24.1. The number of hydrogen-bond donors (Lipinski definition) is 2. The van der Waals surface area contributed by atoms with E-state index >= 15 is 0 Å². The zero-order chi connectivity index (χ0) is 15.4. The van der Waals surface area contributed by atoms with Gasteiger partial charge < -0.3 is 10.6 Å². The minimum atomic E-state index is -1.03. The van der Waals surface area contributed by atoms with Crippen molar-refractivity contribution in [2.24, 2.45) is 0 Å². The fourth-order valence-electron chi connectivity index (χ4n) is 1.49. The Hall–Kier alpha value is -1.80. The summed E-state index contributed by atoms with van der Waals surface area (Å²) in [5, 5.41) is 6.34. The fourth-order valence-corrected chi connectivity index (χ4v) is 2.64. The zero-order valence-electron chi connectivity index (χ0n) is 10.5. The lowest BCUT2D eigenvalue weighted by atomic mass is 10.3. The third kappa shape index (κ3) is 4.08. The molecule has 0 saturated carbocycles. The van der Waals surface area contributed by atoms with Crippen LogP contribution in [0.2, 0.25) is 0 Å². The average molecular weight is 375 g/mol. The molecule has 0 unspecified atom stereocenters. The molecule has 4 nitrogen and oxygen atoms in total. The Morgan fingerprint density at radius 2 is 2.00 bits per heavy atom. The van der Waals surface area contributed by atoms with Crippen molar-refractivity contribution in [1.29, 1.82) is 0 Å². The second-order valence-corrected chi connectivity index (χ2v) is 5.85. The molecule has 2 aromatic rings. The summed E-state index contributed by atoms with van der Waals surface area (Å²) in [5.41, 5.74) is -0.285. The van der Waals surface area contributed by atoms with Crippen LogP contribution in [-0.4, -0.2) is 11.8 Å². The molecule has 1 aromatic heterocycles. The van der Waals surface area contributed by atoms with Crippen LogP contribution in [0.4, 0.5) is 14.5 Å². The van der Waals surface area contributed by atoms with E-state index in [4.69, 9.17) is 0 Å². The van der Waals surface area contributed by atoms with Crippen LogP contribution in [0, 0.1) is 11.6 Å². The first-order valence-electron chi connectivity index (χ1n) is 5.73. The standard InChI is InChI=1S/C13H9BrF2N2O2S/c14-9-4-7(15)5-10(16)11(9)18-13(20)12(19)17-6-8-2-1-3-21-8/h1-5H,6H2,(H,17,19)(H,18,20). The van der Waals surface area contributed by atoms with Crippen LogP contribution in [0.1, 0.15) is 4.88 Å². The maximum Gasteiger partial charge on any atom is 0.313 e. The molecular weight excluding hydrogens is 366 g/mol. The summed E-state index contributed by atoms with van der Waals surface area (Å²) < 4.78 is 26.5. The quantitative estimate of drug-likeness (QED) is 0.811. The summed E-state index contributed by atoms with van der Waals surface area (Å²) in [5.74, 6) is -3.70. The van der Waals surface area contributed by atoms with E-state index in [-0.39, 0.29) is 16.7 Å². The van der Waals surface area contributed by atoms with Gasteiger partial charge in [0.1, 0.15) is 5.82 Å². The summed E-state index contributed by atoms with van der Waals surface area (Å²) in [6.07, 6.45) is 0. The first kappa shape index (κ1) is 15.6. The van der Waals surface area contributed by atoms with Crippen molar-refractivity contribution in [2.75, 3.05) is 5.32 Å². The Morgan fingerprint density at radius 1 is 1.24 bits per heavy atom. The molecule has 1 aromatic carbocycles. The van der Waals surface area contributed by atoms with E-state index in [2.05, 4.69) is 26.6 Å². The molecule has 0 spiro atoms. The Bertz CT molecular complexity index is 654. The van der Waals surface area contributed by atoms with Gasteiger partial charge in [-0.2, -0.15) is 0 Å². The number of hydrogen-bond acceptors (Lipinski definition) is 3. The van der Waals surface area contributed by atoms with Crippen molar-refractivity contribution in [2.45, 2.75) is 6.54 Å². The van der Waals surface area contributed by atoms with Crippen LogP contribution in [0.5, 0.6) is 0 Å². The predicted molar refractivity (Wildman–Crippen MR) is 78.9 cm³/mol. The third-order valence-electron chi connectivity index (χ3n) is 2.45. The molecular formula is C13H9BrF2N2O2S. The van der Waals surface area contributed by atoms with E-state index in [1.807, 2.05) is 11.4 Å². The molecule has 0 aliphatic carbocycles. The highest BCUT2D eigenvalue weighted by molar-refractivity contribution is 9.10. The number of carbonyl (C=O) groups excluding carboxylic acids is 2. The van der Waals surface area contributed by atoms with Crippen molar-refractivity contribution in [3.8, 4) is 0 Å². The topological polar surface area (TPSA) is 58.2 Å². The van der Waals surface area contributed by atoms with E-state index in [0.29, 0.717) is 6.07 Å². The third-order valence-corrected chi connectivity index (χ3v) is 3.96. The van der Waals surface area contributed by atoms with Gasteiger partial charge in [-0.3, -0.25) is 9.59 Å². The number of nitrogens with one attached hydrogen (secondary N) is 2. The van der Waals surface area contributed by atoms with Gasteiger partial charge in [-0.15, -0.1) is 11.3 Å². The lowest BCUT2D eigenvalue weighted by Crippen LogP contribution is -2.35. The molecule has 2 N–H and O–H groups in total. The van der Waals surface area contributed by atoms with Gasteiger partial charge in [-0.05, 0) is 33.4 Å². The van der Waals surface area contributed by atoms with E-state index in [9.17, 15) is 18.4 Å². The van der Waals surface area contributed by atoms with Crippen molar-refractivity contribution < 1.29 is 18.4 Å². The largest absolute Gasteiger partial charge is 0.343 e. The zero-order valence-corrected chi connectivity index (χ0v) is 12.9. The van der Waals surface area contributed by atoms with E-state index in [0.717, 1.165) is 10.9 Å². The number of rotatable bonds is 3. The lowest BCUT2D eigenvalue weighted by Gasteiger charge is -2.08.